The fraction of sp³-hybridized carbons (Fsp3) is 0.650. The van der Waals surface area contributed by atoms with Crippen LogP contribution in [0.25, 0.3) is 0 Å². The first-order chi connectivity index (χ1) is 12.8. The van der Waals surface area contributed by atoms with Crippen LogP contribution in [0.1, 0.15) is 31.7 Å². The van der Waals surface area contributed by atoms with Crippen molar-refractivity contribution in [3.63, 3.8) is 0 Å². The van der Waals surface area contributed by atoms with Crippen molar-refractivity contribution in [3.8, 4) is 0 Å². The van der Waals surface area contributed by atoms with Crippen LogP contribution in [0.5, 0.6) is 0 Å². The summed E-state index contributed by atoms with van der Waals surface area (Å²) in [7, 11) is 0. The molecule has 0 bridgehead atoms. The Morgan fingerprint density at radius 3 is 2.59 bits per heavy atom. The topological polar surface area (TPSA) is 48.9 Å². The van der Waals surface area contributed by atoms with E-state index in [9.17, 15) is 0 Å². The van der Waals surface area contributed by atoms with Crippen molar-refractivity contribution in [1.82, 2.24) is 10.6 Å². The van der Waals surface area contributed by atoms with Gasteiger partial charge >= 0.3 is 0 Å². The molecule has 1 heterocycles. The van der Waals surface area contributed by atoms with E-state index < -0.39 is 0 Å². The van der Waals surface area contributed by atoms with E-state index in [-0.39, 0.29) is 24.0 Å². The van der Waals surface area contributed by atoms with Gasteiger partial charge in [0.1, 0.15) is 0 Å². The Morgan fingerprint density at radius 2 is 1.96 bits per heavy atom. The van der Waals surface area contributed by atoms with Crippen LogP contribution in [0.4, 0.5) is 5.69 Å². The molecule has 0 spiro atoms. The number of hydrogen-bond donors (Lipinski definition) is 2. The Morgan fingerprint density at radius 1 is 1.22 bits per heavy atom. The van der Waals surface area contributed by atoms with E-state index in [4.69, 9.17) is 9.73 Å². The zero-order valence-electron chi connectivity index (χ0n) is 16.4. The molecule has 2 fully saturated rings. The van der Waals surface area contributed by atoms with Gasteiger partial charge in [0, 0.05) is 36.6 Å². The van der Waals surface area contributed by atoms with Crippen molar-refractivity contribution < 1.29 is 4.74 Å². The third-order valence-corrected chi connectivity index (χ3v) is 6.23. The number of guanidine groups is 1. The van der Waals surface area contributed by atoms with Crippen LogP contribution in [0, 0.1) is 0 Å². The van der Waals surface area contributed by atoms with Crippen molar-refractivity contribution in [1.29, 1.82) is 0 Å². The highest BCUT2D eigenvalue weighted by Gasteiger charge is 2.24. The summed E-state index contributed by atoms with van der Waals surface area (Å²) in [6.07, 6.45) is 6.00. The average Bonchev–Trinajstić information content (AvgIpc) is 3.15. The van der Waals surface area contributed by atoms with Crippen LogP contribution in [0.2, 0.25) is 0 Å². The van der Waals surface area contributed by atoms with Gasteiger partial charge in [-0.05, 0) is 50.1 Å². The lowest BCUT2D eigenvalue weighted by atomic mass is 10.2. The van der Waals surface area contributed by atoms with Gasteiger partial charge in [-0.25, -0.2) is 4.99 Å². The fourth-order valence-electron chi connectivity index (χ4n) is 3.60. The van der Waals surface area contributed by atoms with Crippen LogP contribution in [-0.2, 0) is 11.3 Å². The summed E-state index contributed by atoms with van der Waals surface area (Å²) in [5.41, 5.74) is 2.52. The van der Waals surface area contributed by atoms with Crippen molar-refractivity contribution in [2.75, 3.05) is 44.0 Å². The van der Waals surface area contributed by atoms with Gasteiger partial charge < -0.3 is 20.3 Å². The second-order valence-electron chi connectivity index (χ2n) is 6.97. The van der Waals surface area contributed by atoms with Gasteiger partial charge in [-0.3, -0.25) is 0 Å². The summed E-state index contributed by atoms with van der Waals surface area (Å²) in [5.74, 6) is 0.941. The molecule has 27 heavy (non-hydrogen) atoms. The largest absolute Gasteiger partial charge is 0.378 e. The van der Waals surface area contributed by atoms with Crippen molar-refractivity contribution in [3.05, 3.63) is 29.8 Å². The molecular weight excluding hydrogens is 471 g/mol. The predicted molar refractivity (Wildman–Crippen MR) is 128 cm³/mol. The molecule has 7 heteroatoms. The minimum atomic E-state index is 0. The Hall–Kier alpha value is -0.670. The summed E-state index contributed by atoms with van der Waals surface area (Å²) in [6.45, 7) is 7.31. The molecule has 0 amide bonds. The van der Waals surface area contributed by atoms with Crippen LogP contribution in [0.3, 0.4) is 0 Å². The molecule has 1 saturated carbocycles. The number of halogens is 1. The molecule has 3 rings (SSSR count). The maximum Gasteiger partial charge on any atom is 0.191 e. The standard InChI is InChI=1S/C20H32N4OS.HI/c1-3-21-20(23-17-6-9-19(14-17)26-2)22-15-16-4-7-18(8-5-16)24-10-12-25-13-11-24;/h4-5,7-8,17,19H,3,6,9-15H2,1-2H3,(H2,21,22,23);1H. The first kappa shape index (κ1) is 22.6. The smallest absolute Gasteiger partial charge is 0.191 e. The zero-order valence-corrected chi connectivity index (χ0v) is 19.6. The minimum Gasteiger partial charge on any atom is -0.378 e. The lowest BCUT2D eigenvalue weighted by Crippen LogP contribution is -2.42. The highest BCUT2D eigenvalue weighted by atomic mass is 127. The van der Waals surface area contributed by atoms with E-state index in [2.05, 4.69) is 53.0 Å². The molecule has 2 N–H and O–H groups in total. The van der Waals surface area contributed by atoms with E-state index in [1.165, 1.54) is 30.5 Å². The lowest BCUT2D eigenvalue weighted by Gasteiger charge is -2.28. The molecule has 0 radical (unpaired) electrons. The van der Waals surface area contributed by atoms with Gasteiger partial charge in [0.2, 0.25) is 0 Å². The number of nitrogens with one attached hydrogen (secondary N) is 2. The van der Waals surface area contributed by atoms with Gasteiger partial charge in [-0.2, -0.15) is 11.8 Å². The van der Waals surface area contributed by atoms with E-state index in [0.717, 1.165) is 44.1 Å². The third-order valence-electron chi connectivity index (χ3n) is 5.14. The fourth-order valence-corrected chi connectivity index (χ4v) is 4.40. The van der Waals surface area contributed by atoms with Crippen molar-refractivity contribution in [2.45, 2.75) is 44.0 Å². The molecule has 0 aromatic heterocycles. The molecular formula is C20H33IN4OS. The van der Waals surface area contributed by atoms with E-state index in [0.29, 0.717) is 12.6 Å². The summed E-state index contributed by atoms with van der Waals surface area (Å²) in [5, 5.41) is 7.80. The molecule has 1 aliphatic carbocycles. The number of hydrogen-bond acceptors (Lipinski definition) is 4. The number of rotatable bonds is 6. The molecule has 1 aromatic rings. The maximum atomic E-state index is 5.43. The SMILES string of the molecule is CCNC(=NCc1ccc(N2CCOCC2)cc1)NC1CCC(SC)C1.I. The first-order valence-corrected chi connectivity index (χ1v) is 11.1. The monoisotopic (exact) mass is 504 g/mol. The summed E-state index contributed by atoms with van der Waals surface area (Å²) in [4.78, 5) is 7.17. The number of benzene rings is 1. The van der Waals surface area contributed by atoms with Crippen molar-refractivity contribution >= 4 is 47.4 Å². The Kier molecular flexibility index (Phi) is 10.1. The Bertz CT molecular complexity index is 578. The Labute approximate surface area is 185 Å². The van der Waals surface area contributed by atoms with Gasteiger partial charge in [-0.1, -0.05) is 12.1 Å². The van der Waals surface area contributed by atoms with Gasteiger partial charge in [0.25, 0.3) is 0 Å². The van der Waals surface area contributed by atoms with E-state index >= 15 is 0 Å². The average molecular weight is 504 g/mol. The van der Waals surface area contributed by atoms with E-state index in [1.54, 1.807) is 0 Å². The summed E-state index contributed by atoms with van der Waals surface area (Å²) in [6, 6.07) is 9.34. The van der Waals surface area contributed by atoms with Crippen LogP contribution in [-0.4, -0.2) is 56.4 Å². The quantitative estimate of drug-likeness (QED) is 0.353. The second-order valence-corrected chi connectivity index (χ2v) is 8.11. The summed E-state index contributed by atoms with van der Waals surface area (Å²) >= 11 is 1.99. The van der Waals surface area contributed by atoms with Gasteiger partial charge in [0.15, 0.2) is 5.96 Å². The number of ether oxygens (including phenoxy) is 1. The number of morpholine rings is 1. The highest BCUT2D eigenvalue weighted by Crippen LogP contribution is 2.28. The number of aliphatic imine (C=N–C) groups is 1. The third kappa shape index (κ3) is 7.02. The normalized spacial score (nSPS) is 23.0. The van der Waals surface area contributed by atoms with Crippen molar-refractivity contribution in [2.24, 2.45) is 4.99 Å². The Balaban J connectivity index is 0.00000261. The molecule has 1 aliphatic heterocycles. The molecule has 2 unspecified atom stereocenters. The molecule has 2 aliphatic rings. The number of anilines is 1. The molecule has 5 nitrogen and oxygen atoms in total. The summed E-state index contributed by atoms with van der Waals surface area (Å²) < 4.78 is 5.43. The number of nitrogens with zero attached hydrogens (tertiary/aromatic N) is 2. The minimum absolute atomic E-state index is 0. The number of thioether (sulfide) groups is 1. The highest BCUT2D eigenvalue weighted by molar-refractivity contribution is 14.0. The zero-order chi connectivity index (χ0) is 18.2. The first-order valence-electron chi connectivity index (χ1n) is 9.77. The van der Waals surface area contributed by atoms with Crippen LogP contribution >= 0.6 is 35.7 Å². The lowest BCUT2D eigenvalue weighted by molar-refractivity contribution is 0.122. The molecule has 152 valence electrons. The van der Waals surface area contributed by atoms with Crippen LogP contribution in [0.15, 0.2) is 29.3 Å². The van der Waals surface area contributed by atoms with Crippen LogP contribution < -0.4 is 15.5 Å². The van der Waals surface area contributed by atoms with Gasteiger partial charge in [-0.15, -0.1) is 24.0 Å². The second kappa shape index (κ2) is 12.0. The maximum absolute atomic E-state index is 5.43. The van der Waals surface area contributed by atoms with Gasteiger partial charge in [0.05, 0.1) is 19.8 Å². The molecule has 2 atom stereocenters. The van der Waals surface area contributed by atoms with E-state index in [1.807, 2.05) is 11.8 Å². The predicted octanol–water partition coefficient (Wildman–Crippen LogP) is 3.48. The molecule has 1 aromatic carbocycles. The molecule has 1 saturated heterocycles.